The second kappa shape index (κ2) is 6.51. The first-order valence-corrected chi connectivity index (χ1v) is 5.84. The van der Waals surface area contributed by atoms with Gasteiger partial charge in [0.1, 0.15) is 5.54 Å². The molecule has 0 aromatic carbocycles. The normalized spacial score (nSPS) is 11.2. The van der Waals surface area contributed by atoms with E-state index in [9.17, 15) is 9.59 Å². The standard InChI is InChI=1S/C12H23NO3/c1-5-6-7-8-9-10(14)13(4)12(2,3)11(15)16/h5-9H2,1-4H3,(H,15,16). The van der Waals surface area contributed by atoms with Crippen molar-refractivity contribution in [3.63, 3.8) is 0 Å². The highest BCUT2D eigenvalue weighted by molar-refractivity contribution is 5.86. The van der Waals surface area contributed by atoms with Gasteiger partial charge in [0.15, 0.2) is 0 Å². The second-order valence-corrected chi connectivity index (χ2v) is 4.63. The van der Waals surface area contributed by atoms with Gasteiger partial charge < -0.3 is 10.0 Å². The Hall–Kier alpha value is -1.06. The van der Waals surface area contributed by atoms with E-state index in [1.807, 2.05) is 0 Å². The van der Waals surface area contributed by atoms with E-state index in [1.165, 1.54) is 4.90 Å². The van der Waals surface area contributed by atoms with Crippen molar-refractivity contribution in [2.75, 3.05) is 7.05 Å². The molecule has 0 rings (SSSR count). The maximum atomic E-state index is 11.7. The molecule has 0 heterocycles. The number of rotatable bonds is 7. The third kappa shape index (κ3) is 4.21. The van der Waals surface area contributed by atoms with Crippen LogP contribution >= 0.6 is 0 Å². The number of likely N-dealkylation sites (N-methyl/N-ethyl adjacent to an activating group) is 1. The summed E-state index contributed by atoms with van der Waals surface area (Å²) in [6.07, 6.45) is 4.56. The predicted octanol–water partition coefficient (Wildman–Crippen LogP) is 2.28. The van der Waals surface area contributed by atoms with E-state index in [4.69, 9.17) is 5.11 Å². The summed E-state index contributed by atoms with van der Waals surface area (Å²) in [5.74, 6) is -1.07. The van der Waals surface area contributed by atoms with Crippen molar-refractivity contribution < 1.29 is 14.7 Å². The minimum Gasteiger partial charge on any atom is -0.480 e. The number of aliphatic carboxylic acids is 1. The molecule has 1 N–H and O–H groups in total. The third-order valence-corrected chi connectivity index (χ3v) is 2.98. The smallest absolute Gasteiger partial charge is 0.329 e. The topological polar surface area (TPSA) is 57.6 Å². The largest absolute Gasteiger partial charge is 0.480 e. The molecule has 4 nitrogen and oxygen atoms in total. The van der Waals surface area contributed by atoms with Crippen LogP contribution in [-0.2, 0) is 9.59 Å². The molecule has 0 atom stereocenters. The number of hydrogen-bond donors (Lipinski definition) is 1. The van der Waals surface area contributed by atoms with Crippen LogP contribution in [0.1, 0.15) is 52.9 Å². The van der Waals surface area contributed by atoms with Crippen LogP contribution in [0, 0.1) is 0 Å². The first kappa shape index (κ1) is 14.9. The van der Waals surface area contributed by atoms with Crippen molar-refractivity contribution in [3.05, 3.63) is 0 Å². The molecular weight excluding hydrogens is 206 g/mol. The highest BCUT2D eigenvalue weighted by Crippen LogP contribution is 2.15. The van der Waals surface area contributed by atoms with Gasteiger partial charge >= 0.3 is 5.97 Å². The minimum absolute atomic E-state index is 0.0940. The zero-order valence-electron chi connectivity index (χ0n) is 10.7. The summed E-state index contributed by atoms with van der Waals surface area (Å²) >= 11 is 0. The Balaban J connectivity index is 4.13. The van der Waals surface area contributed by atoms with Crippen molar-refractivity contribution in [2.24, 2.45) is 0 Å². The molecule has 0 fully saturated rings. The fourth-order valence-corrected chi connectivity index (χ4v) is 1.33. The summed E-state index contributed by atoms with van der Waals surface area (Å²) in [5, 5.41) is 8.98. The summed E-state index contributed by atoms with van der Waals surface area (Å²) in [6.45, 7) is 5.19. The van der Waals surface area contributed by atoms with Crippen molar-refractivity contribution in [3.8, 4) is 0 Å². The van der Waals surface area contributed by atoms with Crippen molar-refractivity contribution in [1.82, 2.24) is 4.90 Å². The van der Waals surface area contributed by atoms with Crippen LogP contribution < -0.4 is 0 Å². The molecule has 0 bridgehead atoms. The van der Waals surface area contributed by atoms with E-state index in [2.05, 4.69) is 6.92 Å². The van der Waals surface area contributed by atoms with E-state index in [0.29, 0.717) is 6.42 Å². The molecule has 0 radical (unpaired) electrons. The maximum Gasteiger partial charge on any atom is 0.329 e. The van der Waals surface area contributed by atoms with E-state index in [0.717, 1.165) is 25.7 Å². The molecule has 0 aliphatic heterocycles. The quantitative estimate of drug-likeness (QED) is 0.681. The lowest BCUT2D eigenvalue weighted by atomic mass is 10.0. The van der Waals surface area contributed by atoms with Gasteiger partial charge in [-0.1, -0.05) is 26.2 Å². The average Bonchev–Trinajstić information content (AvgIpc) is 2.22. The lowest BCUT2D eigenvalue weighted by Crippen LogP contribution is -2.50. The highest BCUT2D eigenvalue weighted by atomic mass is 16.4. The molecule has 0 unspecified atom stereocenters. The molecule has 0 aliphatic carbocycles. The molecule has 0 saturated heterocycles. The first-order valence-electron chi connectivity index (χ1n) is 5.84. The summed E-state index contributed by atoms with van der Waals surface area (Å²) in [4.78, 5) is 24.0. The van der Waals surface area contributed by atoms with E-state index >= 15 is 0 Å². The Morgan fingerprint density at radius 3 is 2.19 bits per heavy atom. The minimum atomic E-state index is -1.12. The third-order valence-electron chi connectivity index (χ3n) is 2.98. The number of hydrogen-bond acceptors (Lipinski definition) is 2. The zero-order valence-corrected chi connectivity index (χ0v) is 10.7. The summed E-state index contributed by atoms with van der Waals surface area (Å²) in [6, 6.07) is 0. The second-order valence-electron chi connectivity index (χ2n) is 4.63. The van der Waals surface area contributed by atoms with Crippen LogP contribution in [0.3, 0.4) is 0 Å². The van der Waals surface area contributed by atoms with Gasteiger partial charge in [0.2, 0.25) is 5.91 Å². The monoisotopic (exact) mass is 229 g/mol. The molecule has 0 aromatic rings. The number of carbonyl (C=O) groups excluding carboxylic acids is 1. The molecule has 94 valence electrons. The Morgan fingerprint density at radius 2 is 1.75 bits per heavy atom. The van der Waals surface area contributed by atoms with Crippen LogP contribution in [-0.4, -0.2) is 34.5 Å². The van der Waals surface area contributed by atoms with Crippen molar-refractivity contribution in [1.29, 1.82) is 0 Å². The van der Waals surface area contributed by atoms with Gasteiger partial charge in [0, 0.05) is 13.5 Å². The molecule has 1 amide bonds. The summed E-state index contributed by atoms with van der Waals surface area (Å²) in [5.41, 5.74) is -1.12. The number of amides is 1. The molecule has 0 spiro atoms. The molecule has 4 heteroatoms. The molecule has 0 saturated carbocycles. The van der Waals surface area contributed by atoms with Gasteiger partial charge in [-0.3, -0.25) is 4.79 Å². The van der Waals surface area contributed by atoms with Crippen LogP contribution in [0.15, 0.2) is 0 Å². The molecule has 16 heavy (non-hydrogen) atoms. The molecular formula is C12H23NO3. The van der Waals surface area contributed by atoms with Crippen LogP contribution in [0.2, 0.25) is 0 Å². The number of unbranched alkanes of at least 4 members (excludes halogenated alkanes) is 3. The lowest BCUT2D eigenvalue weighted by molar-refractivity contribution is -0.155. The molecule has 0 aromatic heterocycles. The van der Waals surface area contributed by atoms with Crippen molar-refractivity contribution >= 4 is 11.9 Å². The van der Waals surface area contributed by atoms with Gasteiger partial charge in [-0.2, -0.15) is 0 Å². The SMILES string of the molecule is CCCCCCC(=O)N(C)C(C)(C)C(=O)O. The average molecular weight is 229 g/mol. The molecule has 0 aliphatic rings. The number of carboxylic acids is 1. The van der Waals surface area contributed by atoms with E-state index in [-0.39, 0.29) is 5.91 Å². The van der Waals surface area contributed by atoms with Gasteiger partial charge in [0.25, 0.3) is 0 Å². The van der Waals surface area contributed by atoms with Crippen LogP contribution in [0.4, 0.5) is 0 Å². The predicted molar refractivity (Wildman–Crippen MR) is 63.2 cm³/mol. The van der Waals surface area contributed by atoms with Gasteiger partial charge in [-0.05, 0) is 20.3 Å². The number of nitrogens with zero attached hydrogens (tertiary/aromatic N) is 1. The van der Waals surface area contributed by atoms with Gasteiger partial charge in [0.05, 0.1) is 0 Å². The van der Waals surface area contributed by atoms with Crippen LogP contribution in [0.5, 0.6) is 0 Å². The van der Waals surface area contributed by atoms with E-state index in [1.54, 1.807) is 20.9 Å². The zero-order chi connectivity index (χ0) is 12.8. The summed E-state index contributed by atoms with van der Waals surface area (Å²) in [7, 11) is 1.55. The Bertz CT molecular complexity index is 249. The maximum absolute atomic E-state index is 11.7. The highest BCUT2D eigenvalue weighted by Gasteiger charge is 2.34. The fraction of sp³-hybridized carbons (Fsp3) is 0.833. The number of carbonyl (C=O) groups is 2. The van der Waals surface area contributed by atoms with Crippen LogP contribution in [0.25, 0.3) is 0 Å². The van der Waals surface area contributed by atoms with Gasteiger partial charge in [-0.15, -0.1) is 0 Å². The van der Waals surface area contributed by atoms with E-state index < -0.39 is 11.5 Å². The Kier molecular flexibility index (Phi) is 6.08. The Labute approximate surface area is 97.6 Å². The lowest BCUT2D eigenvalue weighted by Gasteiger charge is -2.31. The Morgan fingerprint density at radius 1 is 1.19 bits per heavy atom. The number of carboxylic acid groups (broad SMARTS) is 1. The summed E-state index contributed by atoms with van der Waals surface area (Å²) < 4.78 is 0. The van der Waals surface area contributed by atoms with Gasteiger partial charge in [-0.25, -0.2) is 4.79 Å². The van der Waals surface area contributed by atoms with Crippen molar-refractivity contribution in [2.45, 2.75) is 58.4 Å². The fourth-order valence-electron chi connectivity index (χ4n) is 1.33. The first-order chi connectivity index (χ1) is 7.34.